The summed E-state index contributed by atoms with van der Waals surface area (Å²) in [6, 6.07) is 19.9. The standard InChI is InChI=1S/C24H25ClN2O4S/c1-17-13-14-19(25)15-22(17)27(32(29,30)20-9-5-4-6-10-20)16-24(28)26-18(2)21-11-7-8-12-23(21)31-3/h4-15,18H,16H2,1-3H3,(H,26,28). The van der Waals surface area contributed by atoms with Crippen molar-refractivity contribution in [3.05, 3.63) is 88.9 Å². The van der Waals surface area contributed by atoms with Crippen LogP contribution in [0.5, 0.6) is 5.75 Å². The van der Waals surface area contributed by atoms with E-state index < -0.39 is 22.5 Å². The average Bonchev–Trinajstić information content (AvgIpc) is 2.79. The fourth-order valence-corrected chi connectivity index (χ4v) is 5.05. The molecule has 1 N–H and O–H groups in total. The number of hydrogen-bond acceptors (Lipinski definition) is 4. The minimum Gasteiger partial charge on any atom is -0.496 e. The Morgan fingerprint density at radius 3 is 2.41 bits per heavy atom. The average molecular weight is 473 g/mol. The summed E-state index contributed by atoms with van der Waals surface area (Å²) in [5, 5.41) is 3.25. The third-order valence-corrected chi connectivity index (χ3v) is 7.05. The van der Waals surface area contributed by atoms with Gasteiger partial charge in [-0.25, -0.2) is 8.42 Å². The number of nitrogens with zero attached hydrogens (tertiary/aromatic N) is 1. The van der Waals surface area contributed by atoms with Crippen LogP contribution in [-0.2, 0) is 14.8 Å². The smallest absolute Gasteiger partial charge is 0.264 e. The minimum atomic E-state index is -4.01. The number of sulfonamides is 1. The third kappa shape index (κ3) is 5.23. The van der Waals surface area contributed by atoms with Crippen LogP contribution in [0, 0.1) is 6.92 Å². The molecule has 0 heterocycles. The number of amides is 1. The van der Waals surface area contributed by atoms with Gasteiger partial charge in [-0.3, -0.25) is 9.10 Å². The molecule has 1 unspecified atom stereocenters. The van der Waals surface area contributed by atoms with Crippen molar-refractivity contribution in [3.63, 3.8) is 0 Å². The van der Waals surface area contributed by atoms with Crippen LogP contribution in [0.4, 0.5) is 5.69 Å². The van der Waals surface area contributed by atoms with Crippen LogP contribution >= 0.6 is 11.6 Å². The first-order valence-electron chi connectivity index (χ1n) is 10.00. The van der Waals surface area contributed by atoms with Gasteiger partial charge in [0, 0.05) is 10.6 Å². The number of anilines is 1. The summed E-state index contributed by atoms with van der Waals surface area (Å²) in [4.78, 5) is 13.1. The molecule has 0 fully saturated rings. The second kappa shape index (κ2) is 10.1. The molecule has 8 heteroatoms. The molecule has 3 rings (SSSR count). The number of benzene rings is 3. The van der Waals surface area contributed by atoms with E-state index in [1.165, 1.54) is 12.1 Å². The van der Waals surface area contributed by atoms with Crippen molar-refractivity contribution in [1.29, 1.82) is 0 Å². The van der Waals surface area contributed by atoms with Gasteiger partial charge in [-0.1, -0.05) is 54.1 Å². The Bertz CT molecular complexity index is 1200. The van der Waals surface area contributed by atoms with E-state index in [1.54, 1.807) is 56.5 Å². The predicted molar refractivity (Wildman–Crippen MR) is 127 cm³/mol. The first-order chi connectivity index (χ1) is 15.2. The lowest BCUT2D eigenvalue weighted by Crippen LogP contribution is -2.42. The number of aryl methyl sites for hydroxylation is 1. The molecule has 0 aliphatic heterocycles. The second-order valence-corrected chi connectivity index (χ2v) is 9.59. The molecule has 3 aromatic carbocycles. The summed E-state index contributed by atoms with van der Waals surface area (Å²) in [7, 11) is -2.45. The van der Waals surface area contributed by atoms with Crippen molar-refractivity contribution in [3.8, 4) is 5.75 Å². The minimum absolute atomic E-state index is 0.0879. The van der Waals surface area contributed by atoms with E-state index in [-0.39, 0.29) is 10.9 Å². The first-order valence-corrected chi connectivity index (χ1v) is 11.8. The van der Waals surface area contributed by atoms with Crippen molar-refractivity contribution in [1.82, 2.24) is 5.32 Å². The zero-order valence-electron chi connectivity index (χ0n) is 18.1. The van der Waals surface area contributed by atoms with Gasteiger partial charge in [0.1, 0.15) is 12.3 Å². The Morgan fingerprint density at radius 1 is 1.06 bits per heavy atom. The zero-order chi connectivity index (χ0) is 23.3. The molecule has 0 saturated carbocycles. The van der Waals surface area contributed by atoms with E-state index in [1.807, 2.05) is 25.1 Å². The molecule has 0 spiro atoms. The highest BCUT2D eigenvalue weighted by Gasteiger charge is 2.29. The summed E-state index contributed by atoms with van der Waals surface area (Å²) in [5.41, 5.74) is 1.82. The second-order valence-electron chi connectivity index (χ2n) is 7.29. The monoisotopic (exact) mass is 472 g/mol. The number of nitrogens with one attached hydrogen (secondary N) is 1. The number of halogens is 1. The van der Waals surface area contributed by atoms with E-state index in [2.05, 4.69) is 5.32 Å². The van der Waals surface area contributed by atoms with Gasteiger partial charge in [-0.2, -0.15) is 0 Å². The highest BCUT2D eigenvalue weighted by Crippen LogP contribution is 2.30. The number of methoxy groups -OCH3 is 1. The Morgan fingerprint density at radius 2 is 1.72 bits per heavy atom. The lowest BCUT2D eigenvalue weighted by atomic mass is 10.1. The van der Waals surface area contributed by atoms with Gasteiger partial charge < -0.3 is 10.1 Å². The quantitative estimate of drug-likeness (QED) is 0.514. The molecule has 32 heavy (non-hydrogen) atoms. The van der Waals surface area contributed by atoms with Crippen LogP contribution in [0.15, 0.2) is 77.7 Å². The number of carbonyl (C=O) groups excluding carboxylic acids is 1. The van der Waals surface area contributed by atoms with Gasteiger partial charge in [0.2, 0.25) is 5.91 Å². The van der Waals surface area contributed by atoms with Crippen molar-refractivity contribution < 1.29 is 17.9 Å². The molecular formula is C24H25ClN2O4S. The maximum Gasteiger partial charge on any atom is 0.264 e. The lowest BCUT2D eigenvalue weighted by Gasteiger charge is -2.27. The van der Waals surface area contributed by atoms with Crippen molar-refractivity contribution in [2.45, 2.75) is 24.8 Å². The first kappa shape index (κ1) is 23.6. The van der Waals surface area contributed by atoms with Gasteiger partial charge in [-0.05, 0) is 49.7 Å². The highest BCUT2D eigenvalue weighted by molar-refractivity contribution is 7.92. The molecule has 0 bridgehead atoms. The third-order valence-electron chi connectivity index (χ3n) is 5.04. The Kier molecular flexibility index (Phi) is 7.43. The van der Waals surface area contributed by atoms with Crippen LogP contribution in [0.1, 0.15) is 24.1 Å². The Balaban J connectivity index is 1.94. The molecule has 6 nitrogen and oxygen atoms in total. The Hall–Kier alpha value is -3.03. The normalized spacial score (nSPS) is 12.1. The molecule has 1 atom stereocenters. The summed E-state index contributed by atoms with van der Waals surface area (Å²) in [6.07, 6.45) is 0. The summed E-state index contributed by atoms with van der Waals surface area (Å²) >= 11 is 6.16. The number of rotatable bonds is 8. The number of ether oxygens (including phenoxy) is 1. The van der Waals surface area contributed by atoms with Crippen LogP contribution < -0.4 is 14.4 Å². The predicted octanol–water partition coefficient (Wildman–Crippen LogP) is 4.73. The van der Waals surface area contributed by atoms with Gasteiger partial charge in [-0.15, -0.1) is 0 Å². The van der Waals surface area contributed by atoms with Gasteiger partial charge in [0.05, 0.1) is 23.7 Å². The summed E-state index contributed by atoms with van der Waals surface area (Å²) in [5.74, 6) is 0.182. The van der Waals surface area contributed by atoms with Gasteiger partial charge in [0.15, 0.2) is 0 Å². The number of carbonyl (C=O) groups is 1. The summed E-state index contributed by atoms with van der Waals surface area (Å²) < 4.78 is 33.4. The van der Waals surface area contributed by atoms with E-state index in [0.29, 0.717) is 22.0 Å². The van der Waals surface area contributed by atoms with Gasteiger partial charge >= 0.3 is 0 Å². The van der Waals surface area contributed by atoms with Gasteiger partial charge in [0.25, 0.3) is 10.0 Å². The molecule has 0 saturated heterocycles. The van der Waals surface area contributed by atoms with Crippen molar-refractivity contribution >= 4 is 33.2 Å². The Labute approximate surface area is 193 Å². The summed E-state index contributed by atoms with van der Waals surface area (Å²) in [6.45, 7) is 3.18. The van der Waals surface area contributed by atoms with Crippen molar-refractivity contribution in [2.75, 3.05) is 18.0 Å². The largest absolute Gasteiger partial charge is 0.496 e. The van der Waals surface area contributed by atoms with Crippen molar-refractivity contribution in [2.24, 2.45) is 0 Å². The zero-order valence-corrected chi connectivity index (χ0v) is 19.7. The molecule has 0 aliphatic carbocycles. The maximum absolute atomic E-state index is 13.5. The topological polar surface area (TPSA) is 75.7 Å². The van der Waals surface area contributed by atoms with Crippen LogP contribution in [0.25, 0.3) is 0 Å². The highest BCUT2D eigenvalue weighted by atomic mass is 35.5. The van der Waals surface area contributed by atoms with Crippen LogP contribution in [0.3, 0.4) is 0 Å². The fraction of sp³-hybridized carbons (Fsp3) is 0.208. The maximum atomic E-state index is 13.5. The molecule has 0 aliphatic rings. The molecule has 0 radical (unpaired) electrons. The van der Waals surface area contributed by atoms with Crippen LogP contribution in [-0.4, -0.2) is 28.0 Å². The van der Waals surface area contributed by atoms with Crippen LogP contribution in [0.2, 0.25) is 5.02 Å². The molecule has 1 amide bonds. The molecule has 168 valence electrons. The van der Waals surface area contributed by atoms with E-state index in [0.717, 1.165) is 9.87 Å². The number of para-hydroxylation sites is 1. The lowest BCUT2D eigenvalue weighted by molar-refractivity contribution is -0.120. The number of hydrogen-bond donors (Lipinski definition) is 1. The van der Waals surface area contributed by atoms with E-state index in [4.69, 9.17) is 16.3 Å². The fourth-order valence-electron chi connectivity index (χ4n) is 3.39. The molecular weight excluding hydrogens is 448 g/mol. The SMILES string of the molecule is COc1ccccc1C(C)NC(=O)CN(c1cc(Cl)ccc1C)S(=O)(=O)c1ccccc1. The molecule has 3 aromatic rings. The van der Waals surface area contributed by atoms with E-state index in [9.17, 15) is 13.2 Å². The van der Waals surface area contributed by atoms with E-state index >= 15 is 0 Å². The molecule has 0 aromatic heterocycles.